The molecule has 0 aliphatic carbocycles. The van der Waals surface area contributed by atoms with Crippen LogP contribution in [-0.2, 0) is 78.8 Å². The Kier molecular flexibility index (Phi) is 19.9. The average Bonchev–Trinajstić information content (AvgIpc) is 3.67. The van der Waals surface area contributed by atoms with E-state index in [1.165, 1.54) is 6.92 Å². The number of phosphoric ester groups is 2. The van der Waals surface area contributed by atoms with Crippen molar-refractivity contribution in [2.45, 2.75) is 77.4 Å². The zero-order chi connectivity index (χ0) is 45.9. The molecule has 1 fully saturated rings. The van der Waals surface area contributed by atoms with Gasteiger partial charge in [-0.15, -0.1) is 5.10 Å². The van der Waals surface area contributed by atoms with Gasteiger partial charge in [0.1, 0.15) is 12.3 Å². The fraction of sp³-hybridized carbons (Fsp3) is 0.708. The highest BCUT2D eigenvalue weighted by molar-refractivity contribution is 7.72. The van der Waals surface area contributed by atoms with Crippen molar-refractivity contribution in [2.75, 3.05) is 33.0 Å². The van der Waals surface area contributed by atoms with Crippen molar-refractivity contribution in [2.24, 2.45) is 0 Å². The molecule has 1 aliphatic heterocycles. The third-order valence-corrected chi connectivity index (χ3v) is 16.6. The minimum absolute atomic E-state index is 0.0660. The number of unbranched alkanes of at least 4 members (excludes halogenated alkanes) is 3. The minimum Gasteiger partial charge on any atom is -0.390 e. The summed E-state index contributed by atoms with van der Waals surface area (Å²) >= 11 is 0. The summed E-state index contributed by atoms with van der Waals surface area (Å²) in [5.74, 6) is -0.255. The standard InChI is InChI=1S/C24H44N6O25P6/c1-17-14-30(24(34)26-23(17)33)22-13-19(31)20(50-22)16-49-57(37,38)52-59(41,42)54-61(45,46)55-60(43,44)53-58(39,40)51-56(35,36)48-10-6-4-3-5-8-25-21(32)7-11-47-12-9-29-15-18(2)27-28-29/h14-15,19-20,22,31H,3-13,16H2,1-2H3,(H,25,32)(H,35,36)(H,37,38)(H,39,40)(H,41,42)(H,43,44)(H,45,46)(H,26,33,34)/t19-,20-,22-/m1/s1. The maximum atomic E-state index is 12.3. The molecule has 3 rings (SSSR count). The number of rotatable bonds is 28. The molecular weight excluding hydrogens is 958 g/mol. The number of amides is 1. The van der Waals surface area contributed by atoms with Gasteiger partial charge in [-0.25, -0.2) is 36.9 Å². The quantitative estimate of drug-likeness (QED) is 0.0422. The lowest BCUT2D eigenvalue weighted by atomic mass is 10.2. The van der Waals surface area contributed by atoms with Gasteiger partial charge in [0, 0.05) is 37.3 Å². The summed E-state index contributed by atoms with van der Waals surface area (Å²) in [7, 11) is -36.9. The largest absolute Gasteiger partial charge is 0.490 e. The van der Waals surface area contributed by atoms with Gasteiger partial charge in [-0.3, -0.25) is 28.2 Å². The second-order valence-electron chi connectivity index (χ2n) is 12.5. The van der Waals surface area contributed by atoms with Crippen molar-refractivity contribution in [3.8, 4) is 0 Å². The zero-order valence-corrected chi connectivity index (χ0v) is 37.2. The molecule has 37 heteroatoms. The molecule has 350 valence electrons. The average molecular weight is 1000 g/mol. The molecular formula is C24H44N6O25P6. The molecule has 6 unspecified atom stereocenters. The molecule has 0 radical (unpaired) electrons. The smallest absolute Gasteiger partial charge is 0.390 e. The van der Waals surface area contributed by atoms with E-state index in [4.69, 9.17) is 9.47 Å². The van der Waals surface area contributed by atoms with Crippen molar-refractivity contribution in [1.29, 1.82) is 0 Å². The molecule has 3 heterocycles. The first-order valence-electron chi connectivity index (χ1n) is 17.3. The van der Waals surface area contributed by atoms with Crippen LogP contribution in [0, 0.1) is 13.8 Å². The molecule has 0 bridgehead atoms. The number of aliphatic hydroxyl groups excluding tert-OH is 1. The first-order chi connectivity index (χ1) is 28.1. The Morgan fingerprint density at radius 1 is 0.803 bits per heavy atom. The number of hydrogen-bond acceptors (Lipinski definition) is 21. The monoisotopic (exact) mass is 1000 g/mol. The van der Waals surface area contributed by atoms with Crippen LogP contribution in [0.2, 0.25) is 0 Å². The van der Waals surface area contributed by atoms with E-state index in [1.807, 2.05) is 4.98 Å². The number of aromatic nitrogens is 5. The summed E-state index contributed by atoms with van der Waals surface area (Å²) in [5, 5.41) is 20.6. The number of carbonyl (C=O) groups excluding carboxylic acids is 1. The third-order valence-electron chi connectivity index (χ3n) is 7.33. The van der Waals surface area contributed by atoms with Gasteiger partial charge in [0.15, 0.2) is 0 Å². The molecule has 31 nitrogen and oxygen atoms in total. The van der Waals surface area contributed by atoms with E-state index in [2.05, 4.69) is 46.2 Å². The van der Waals surface area contributed by atoms with E-state index in [0.29, 0.717) is 39.0 Å². The summed E-state index contributed by atoms with van der Waals surface area (Å²) in [6.45, 7) is 2.76. The van der Waals surface area contributed by atoms with Crippen LogP contribution >= 0.6 is 46.9 Å². The number of aromatic amines is 1. The van der Waals surface area contributed by atoms with Gasteiger partial charge in [0.2, 0.25) is 5.91 Å². The second kappa shape index (κ2) is 22.8. The Morgan fingerprint density at radius 2 is 1.36 bits per heavy atom. The lowest BCUT2D eigenvalue weighted by Gasteiger charge is -2.21. The number of phosphoric acid groups is 6. The number of hydrogen-bond donors (Lipinski definition) is 9. The van der Waals surface area contributed by atoms with Gasteiger partial charge in [-0.2, -0.15) is 21.6 Å². The Hall–Kier alpha value is -1.97. The van der Waals surface area contributed by atoms with Crippen LogP contribution in [-0.4, -0.2) is 110 Å². The summed E-state index contributed by atoms with van der Waals surface area (Å²) < 4.78 is 114. The Balaban J connectivity index is 1.34. The number of aryl methyl sites for hydroxylation is 2. The van der Waals surface area contributed by atoms with Crippen LogP contribution in [0.15, 0.2) is 22.0 Å². The van der Waals surface area contributed by atoms with Crippen LogP contribution < -0.4 is 16.6 Å². The Labute approximate surface area is 343 Å². The van der Waals surface area contributed by atoms with Crippen LogP contribution in [0.5, 0.6) is 0 Å². The Morgan fingerprint density at radius 3 is 1.93 bits per heavy atom. The minimum atomic E-state index is -6.49. The first kappa shape index (κ1) is 53.4. The highest BCUT2D eigenvalue weighted by Gasteiger charge is 2.50. The van der Waals surface area contributed by atoms with Gasteiger partial charge >= 0.3 is 52.6 Å². The number of aliphatic hydroxyl groups is 1. The summed E-state index contributed by atoms with van der Waals surface area (Å²) in [4.78, 5) is 95.9. The van der Waals surface area contributed by atoms with Crippen LogP contribution in [0.1, 0.15) is 56.0 Å². The molecule has 2 aromatic heterocycles. The molecule has 0 aromatic carbocycles. The highest BCUT2D eigenvalue weighted by Crippen LogP contribution is 2.75. The second-order valence-corrected chi connectivity index (χ2v) is 21.9. The fourth-order valence-corrected chi connectivity index (χ4v) is 12.6. The van der Waals surface area contributed by atoms with Crippen LogP contribution in [0.25, 0.3) is 0 Å². The van der Waals surface area contributed by atoms with Gasteiger partial charge in [-0.05, 0) is 26.7 Å². The van der Waals surface area contributed by atoms with E-state index in [1.54, 1.807) is 17.8 Å². The molecule has 1 saturated heterocycles. The van der Waals surface area contributed by atoms with Crippen molar-refractivity contribution < 1.29 is 107 Å². The molecule has 2 aromatic rings. The maximum Gasteiger partial charge on any atom is 0.490 e. The first-order valence-corrected chi connectivity index (χ1v) is 26.2. The SMILES string of the molecule is Cc1cn(CCOCCC(=O)NCCCCCCOP(=O)(O)OP(=O)(O)OP(=O)(O)OP(=O)(O)OP(=O)(O)OP(=O)(O)OC[C@H]2O[C@@H](n3cc(C)c(=O)[nH]c3=O)C[C@H]2O)nn1. The van der Waals surface area contributed by atoms with Gasteiger partial charge < -0.3 is 49.3 Å². The topological polar surface area (TPSA) is 442 Å². The molecule has 1 aliphatic rings. The lowest BCUT2D eigenvalue weighted by molar-refractivity contribution is -0.122. The molecule has 1 amide bonds. The van der Waals surface area contributed by atoms with Gasteiger partial charge in [0.05, 0.1) is 44.8 Å². The third kappa shape index (κ3) is 20.2. The van der Waals surface area contributed by atoms with Crippen molar-refractivity contribution in [3.63, 3.8) is 0 Å². The number of H-pyrrole nitrogens is 1. The van der Waals surface area contributed by atoms with Crippen LogP contribution in [0.4, 0.5) is 0 Å². The van der Waals surface area contributed by atoms with Crippen LogP contribution in [0.3, 0.4) is 0 Å². The number of ether oxygens (including phenoxy) is 2. The summed E-state index contributed by atoms with van der Waals surface area (Å²) in [5.41, 5.74) is -0.796. The summed E-state index contributed by atoms with van der Waals surface area (Å²) in [6, 6.07) is 0. The van der Waals surface area contributed by atoms with E-state index >= 15 is 0 Å². The Bertz CT molecular complexity index is 2220. The fourth-order valence-electron chi connectivity index (χ4n) is 4.77. The predicted octanol–water partition coefficient (Wildman–Crippen LogP) is 0.895. The predicted molar refractivity (Wildman–Crippen MR) is 199 cm³/mol. The number of nitrogens with zero attached hydrogens (tertiary/aromatic N) is 4. The zero-order valence-electron chi connectivity index (χ0n) is 31.8. The van der Waals surface area contributed by atoms with E-state index < -0.39 is 89.8 Å². The van der Waals surface area contributed by atoms with Gasteiger partial charge in [-0.1, -0.05) is 18.1 Å². The lowest BCUT2D eigenvalue weighted by Crippen LogP contribution is -2.33. The van der Waals surface area contributed by atoms with E-state index in [0.717, 1.165) is 16.5 Å². The molecule has 0 spiro atoms. The number of nitrogens with one attached hydrogen (secondary N) is 2. The number of carbonyl (C=O) groups is 1. The highest BCUT2D eigenvalue weighted by atomic mass is 31.3. The normalized spacial score (nSPS) is 22.9. The van der Waals surface area contributed by atoms with E-state index in [9.17, 15) is 76.2 Å². The van der Waals surface area contributed by atoms with E-state index in [-0.39, 0.29) is 37.3 Å². The molecule has 61 heavy (non-hydrogen) atoms. The maximum absolute atomic E-state index is 12.3. The molecule has 0 saturated carbocycles. The molecule has 9 atom stereocenters. The van der Waals surface area contributed by atoms with Gasteiger partial charge in [0.25, 0.3) is 5.56 Å². The summed E-state index contributed by atoms with van der Waals surface area (Å²) in [6.07, 6.45) is -0.208. The molecule has 9 N–H and O–H groups in total. The van der Waals surface area contributed by atoms with Crippen molar-refractivity contribution >= 4 is 52.8 Å². The van der Waals surface area contributed by atoms with Crippen molar-refractivity contribution in [3.05, 3.63) is 44.5 Å². The van der Waals surface area contributed by atoms with Crippen molar-refractivity contribution in [1.82, 2.24) is 29.9 Å².